The summed E-state index contributed by atoms with van der Waals surface area (Å²) < 4.78 is 28.7. The Labute approximate surface area is 219 Å². The molecule has 0 bridgehead atoms. The van der Waals surface area contributed by atoms with E-state index in [1.54, 1.807) is 18.3 Å². The van der Waals surface area contributed by atoms with Gasteiger partial charge in [0.15, 0.2) is 11.5 Å². The normalized spacial score (nSPS) is 16.2. The fourth-order valence-corrected chi connectivity index (χ4v) is 4.78. The second-order valence-corrected chi connectivity index (χ2v) is 9.62. The molecule has 5 heterocycles. The fraction of sp³-hybridized carbons (Fsp3) is 0.304. The van der Waals surface area contributed by atoms with Crippen LogP contribution >= 0.6 is 23.2 Å². The molecule has 5 aromatic rings. The molecule has 1 aliphatic rings. The van der Waals surface area contributed by atoms with Gasteiger partial charge in [-0.3, -0.25) is 4.40 Å². The zero-order chi connectivity index (χ0) is 25.5. The van der Waals surface area contributed by atoms with Crippen LogP contribution in [0.4, 0.5) is 20.4 Å². The molecule has 0 spiro atoms. The average molecular weight is 547 g/mol. The van der Waals surface area contributed by atoms with E-state index in [0.717, 1.165) is 31.4 Å². The highest BCUT2D eigenvalue weighted by Crippen LogP contribution is 2.29. The number of piperidine rings is 1. The van der Waals surface area contributed by atoms with Gasteiger partial charge in [0.05, 0.1) is 51.9 Å². The molecule has 0 unspecified atom stereocenters. The van der Waals surface area contributed by atoms with Gasteiger partial charge in [-0.25, -0.2) is 19.6 Å². The highest BCUT2D eigenvalue weighted by molar-refractivity contribution is 6.42. The van der Waals surface area contributed by atoms with E-state index in [0.29, 0.717) is 61.2 Å². The molecule has 192 valence electrons. The number of aromatic amines is 1. The number of anilines is 2. The van der Waals surface area contributed by atoms with Crippen molar-refractivity contribution < 1.29 is 8.78 Å². The molecule has 0 aliphatic carbocycles. The van der Waals surface area contributed by atoms with Crippen LogP contribution in [0.15, 0.2) is 36.9 Å². The molecule has 10 nitrogen and oxygen atoms in total. The SMILES string of the molecule is FC(F)n1cc(-c2cnc3c(NCc4nc5cc(Cl)c(Cl)cc5[nH]4)nc(N[C@@H]4CCCNC4)cn23)cn1. The maximum atomic E-state index is 13.1. The second-order valence-electron chi connectivity index (χ2n) is 8.81. The van der Waals surface area contributed by atoms with Gasteiger partial charge in [0.25, 0.3) is 0 Å². The first-order valence-corrected chi connectivity index (χ1v) is 12.5. The molecule has 1 fully saturated rings. The summed E-state index contributed by atoms with van der Waals surface area (Å²) in [6.45, 7) is -0.584. The van der Waals surface area contributed by atoms with Crippen molar-refractivity contribution >= 4 is 51.5 Å². The number of alkyl halides is 2. The van der Waals surface area contributed by atoms with Crippen LogP contribution in [0.3, 0.4) is 0 Å². The van der Waals surface area contributed by atoms with E-state index in [1.807, 2.05) is 10.6 Å². The molecular weight excluding hydrogens is 525 g/mol. The van der Waals surface area contributed by atoms with E-state index in [-0.39, 0.29) is 6.04 Å². The Morgan fingerprint density at radius 3 is 2.78 bits per heavy atom. The van der Waals surface area contributed by atoms with Crippen LogP contribution in [0.5, 0.6) is 0 Å². The minimum absolute atomic E-state index is 0.213. The van der Waals surface area contributed by atoms with Crippen molar-refractivity contribution in [2.24, 2.45) is 0 Å². The van der Waals surface area contributed by atoms with Gasteiger partial charge in [-0.05, 0) is 31.5 Å². The van der Waals surface area contributed by atoms with Crippen LogP contribution in [0, 0.1) is 0 Å². The Kier molecular flexibility index (Phi) is 6.31. The van der Waals surface area contributed by atoms with Crippen LogP contribution in [0.2, 0.25) is 10.0 Å². The predicted octanol–water partition coefficient (Wildman–Crippen LogP) is 4.95. The molecule has 6 rings (SSSR count). The topological polar surface area (TPSA) is 113 Å². The Hall–Kier alpha value is -3.48. The van der Waals surface area contributed by atoms with Gasteiger partial charge in [0, 0.05) is 24.3 Å². The molecule has 37 heavy (non-hydrogen) atoms. The number of fused-ring (bicyclic) bond motifs is 2. The van der Waals surface area contributed by atoms with Crippen molar-refractivity contribution in [3.8, 4) is 11.3 Å². The number of aromatic nitrogens is 7. The van der Waals surface area contributed by atoms with Gasteiger partial charge in [-0.2, -0.15) is 13.9 Å². The van der Waals surface area contributed by atoms with Crippen LogP contribution in [-0.4, -0.2) is 53.2 Å². The fourth-order valence-electron chi connectivity index (χ4n) is 4.46. The quantitative estimate of drug-likeness (QED) is 0.228. The number of nitrogens with zero attached hydrogens (tertiary/aromatic N) is 6. The Bertz CT molecular complexity index is 1530. The number of hydrogen-bond acceptors (Lipinski definition) is 7. The summed E-state index contributed by atoms with van der Waals surface area (Å²) in [4.78, 5) is 17.1. The zero-order valence-corrected chi connectivity index (χ0v) is 20.9. The minimum atomic E-state index is -2.73. The third kappa shape index (κ3) is 4.79. The highest BCUT2D eigenvalue weighted by Gasteiger charge is 2.19. The zero-order valence-electron chi connectivity index (χ0n) is 19.3. The first-order chi connectivity index (χ1) is 17.9. The maximum absolute atomic E-state index is 13.1. The monoisotopic (exact) mass is 546 g/mol. The van der Waals surface area contributed by atoms with Crippen molar-refractivity contribution in [2.75, 3.05) is 23.7 Å². The summed E-state index contributed by atoms with van der Waals surface area (Å²) >= 11 is 12.3. The molecule has 1 aromatic carbocycles. The lowest BCUT2D eigenvalue weighted by atomic mass is 10.1. The van der Waals surface area contributed by atoms with E-state index in [1.165, 1.54) is 12.4 Å². The first kappa shape index (κ1) is 23.9. The van der Waals surface area contributed by atoms with Crippen LogP contribution in [0.25, 0.3) is 27.9 Å². The average Bonchev–Trinajstić information content (AvgIpc) is 3.61. The van der Waals surface area contributed by atoms with Crippen LogP contribution in [-0.2, 0) is 6.54 Å². The van der Waals surface area contributed by atoms with Crippen molar-refractivity contribution in [2.45, 2.75) is 32.0 Å². The molecular formula is C23H22Cl2F2N10. The summed E-state index contributed by atoms with van der Waals surface area (Å²) in [5.74, 6) is 1.80. The Morgan fingerprint density at radius 2 is 2.00 bits per heavy atom. The van der Waals surface area contributed by atoms with E-state index in [4.69, 9.17) is 28.2 Å². The number of imidazole rings is 2. The van der Waals surface area contributed by atoms with Gasteiger partial charge in [0.2, 0.25) is 0 Å². The molecule has 0 radical (unpaired) electrons. The Balaban J connectivity index is 1.35. The van der Waals surface area contributed by atoms with Gasteiger partial charge in [-0.1, -0.05) is 23.2 Å². The van der Waals surface area contributed by atoms with Gasteiger partial charge in [0.1, 0.15) is 11.6 Å². The van der Waals surface area contributed by atoms with E-state index < -0.39 is 6.55 Å². The third-order valence-corrected chi connectivity index (χ3v) is 6.96. The van der Waals surface area contributed by atoms with Gasteiger partial charge < -0.3 is 20.9 Å². The third-order valence-electron chi connectivity index (χ3n) is 6.23. The Morgan fingerprint density at radius 1 is 1.14 bits per heavy atom. The van der Waals surface area contributed by atoms with Crippen LogP contribution < -0.4 is 16.0 Å². The first-order valence-electron chi connectivity index (χ1n) is 11.7. The van der Waals surface area contributed by atoms with Crippen molar-refractivity contribution in [3.63, 3.8) is 0 Å². The molecule has 4 aromatic heterocycles. The minimum Gasteiger partial charge on any atom is -0.365 e. The lowest BCUT2D eigenvalue weighted by molar-refractivity contribution is 0.0566. The molecule has 4 N–H and O–H groups in total. The largest absolute Gasteiger partial charge is 0.365 e. The van der Waals surface area contributed by atoms with E-state index in [2.05, 4.69) is 36.0 Å². The number of rotatable bonds is 7. The molecule has 0 amide bonds. The number of nitrogens with one attached hydrogen (secondary N) is 4. The molecule has 1 atom stereocenters. The standard InChI is InChI=1S/C23H22Cl2F2N10/c24-14-4-16-17(5-15(14)25)34-19(33-16)9-29-21-22-30-8-18(12-6-31-37(10-12)23(26)27)36(22)11-20(35-21)32-13-2-1-3-28-7-13/h4-6,8,10-11,13,23,28,32H,1-3,7,9H2,(H,29,35)(H,33,34)/t13-/m1/s1. The maximum Gasteiger partial charge on any atom is 0.333 e. The van der Waals surface area contributed by atoms with Gasteiger partial charge in [-0.15, -0.1) is 0 Å². The molecule has 14 heteroatoms. The predicted molar refractivity (Wildman–Crippen MR) is 138 cm³/mol. The van der Waals surface area contributed by atoms with Crippen molar-refractivity contribution in [3.05, 3.63) is 52.8 Å². The van der Waals surface area contributed by atoms with Crippen molar-refractivity contribution in [1.29, 1.82) is 0 Å². The number of H-pyrrole nitrogens is 1. The summed E-state index contributed by atoms with van der Waals surface area (Å²) in [5.41, 5.74) is 3.13. The lowest BCUT2D eigenvalue weighted by Gasteiger charge is -2.24. The summed E-state index contributed by atoms with van der Waals surface area (Å²) in [6.07, 6.45) is 8.21. The van der Waals surface area contributed by atoms with E-state index >= 15 is 0 Å². The lowest BCUT2D eigenvalue weighted by Crippen LogP contribution is -2.38. The second kappa shape index (κ2) is 9.77. The number of halogens is 4. The number of benzene rings is 1. The van der Waals surface area contributed by atoms with Gasteiger partial charge >= 0.3 is 6.55 Å². The summed E-state index contributed by atoms with van der Waals surface area (Å²) in [7, 11) is 0. The van der Waals surface area contributed by atoms with E-state index in [9.17, 15) is 8.78 Å². The molecule has 1 saturated heterocycles. The highest BCUT2D eigenvalue weighted by atomic mass is 35.5. The molecule has 0 saturated carbocycles. The summed E-state index contributed by atoms with van der Waals surface area (Å²) in [6, 6.07) is 3.65. The molecule has 1 aliphatic heterocycles. The summed E-state index contributed by atoms with van der Waals surface area (Å²) in [5, 5.41) is 14.8. The van der Waals surface area contributed by atoms with Crippen molar-refractivity contribution in [1.82, 2.24) is 39.4 Å². The smallest absolute Gasteiger partial charge is 0.333 e. The number of hydrogen-bond donors (Lipinski definition) is 4. The van der Waals surface area contributed by atoms with Crippen LogP contribution in [0.1, 0.15) is 25.2 Å².